The number of rotatable bonds is 4. The SMILES string of the molecule is CC1C[C@@H]2N(Cc3ccccc3)c3c(c(=O)n(C)c(=O)n3C)[C@H]1N2Cc1ccccc1. The van der Waals surface area contributed by atoms with Crippen molar-refractivity contribution in [1.29, 1.82) is 0 Å². The molecule has 1 saturated heterocycles. The lowest BCUT2D eigenvalue weighted by atomic mass is 9.96. The maximum Gasteiger partial charge on any atom is 0.332 e. The first-order valence-corrected chi connectivity index (χ1v) is 10.9. The minimum atomic E-state index is -0.273. The molecule has 0 spiro atoms. The maximum absolute atomic E-state index is 13.4. The summed E-state index contributed by atoms with van der Waals surface area (Å²) in [6.45, 7) is 3.66. The molecule has 0 aliphatic carbocycles. The summed E-state index contributed by atoms with van der Waals surface area (Å²) in [5.74, 6) is 1.10. The number of aromatic nitrogens is 2. The Morgan fingerprint density at radius 1 is 0.839 bits per heavy atom. The summed E-state index contributed by atoms with van der Waals surface area (Å²) in [7, 11) is 3.37. The summed E-state index contributed by atoms with van der Waals surface area (Å²) in [5.41, 5.74) is 2.70. The van der Waals surface area contributed by atoms with Crippen LogP contribution in [0.1, 0.15) is 36.1 Å². The molecule has 3 heterocycles. The first kappa shape index (κ1) is 19.8. The van der Waals surface area contributed by atoms with Crippen LogP contribution in [0.4, 0.5) is 5.82 Å². The van der Waals surface area contributed by atoms with Crippen LogP contribution >= 0.6 is 0 Å². The van der Waals surface area contributed by atoms with E-state index in [-0.39, 0.29) is 23.5 Å². The average molecular weight is 417 g/mol. The van der Waals surface area contributed by atoms with E-state index in [0.717, 1.165) is 24.3 Å². The Bertz CT molecular complexity index is 1220. The number of nitrogens with zero attached hydrogens (tertiary/aromatic N) is 4. The van der Waals surface area contributed by atoms with Crippen LogP contribution in [0.3, 0.4) is 0 Å². The zero-order valence-corrected chi connectivity index (χ0v) is 18.2. The molecule has 0 amide bonds. The highest BCUT2D eigenvalue weighted by Crippen LogP contribution is 2.49. The molecule has 2 aliphatic rings. The molecule has 0 radical (unpaired) electrons. The van der Waals surface area contributed by atoms with Gasteiger partial charge in [0.2, 0.25) is 0 Å². The Morgan fingerprint density at radius 2 is 1.42 bits per heavy atom. The van der Waals surface area contributed by atoms with Gasteiger partial charge in [0.1, 0.15) is 5.82 Å². The summed E-state index contributed by atoms with van der Waals surface area (Å²) in [4.78, 5) is 31.0. The van der Waals surface area contributed by atoms with Gasteiger partial charge in [-0.2, -0.15) is 0 Å². The van der Waals surface area contributed by atoms with Gasteiger partial charge >= 0.3 is 5.69 Å². The Kier molecular flexibility index (Phi) is 4.82. The van der Waals surface area contributed by atoms with Crippen LogP contribution in [0.2, 0.25) is 0 Å². The van der Waals surface area contributed by atoms with Crippen molar-refractivity contribution in [3.63, 3.8) is 0 Å². The summed E-state index contributed by atoms with van der Waals surface area (Å²) >= 11 is 0. The lowest BCUT2D eigenvalue weighted by molar-refractivity contribution is 0.151. The second-order valence-corrected chi connectivity index (χ2v) is 8.85. The van der Waals surface area contributed by atoms with Gasteiger partial charge in [0.15, 0.2) is 0 Å². The molecule has 1 fully saturated rings. The van der Waals surface area contributed by atoms with Gasteiger partial charge in [-0.25, -0.2) is 4.79 Å². The highest BCUT2D eigenvalue weighted by molar-refractivity contribution is 5.54. The third-order valence-corrected chi connectivity index (χ3v) is 6.86. The smallest absolute Gasteiger partial charge is 0.332 e. The monoisotopic (exact) mass is 416 g/mol. The van der Waals surface area contributed by atoms with Crippen molar-refractivity contribution >= 4 is 5.82 Å². The zero-order valence-electron chi connectivity index (χ0n) is 18.2. The molecule has 3 atom stereocenters. The third kappa shape index (κ3) is 3.13. The van der Waals surface area contributed by atoms with Crippen LogP contribution in [0.15, 0.2) is 70.3 Å². The fourth-order valence-electron chi connectivity index (χ4n) is 5.43. The molecule has 31 heavy (non-hydrogen) atoms. The minimum Gasteiger partial charge on any atom is -0.337 e. The van der Waals surface area contributed by atoms with Crippen LogP contribution in [-0.2, 0) is 27.2 Å². The van der Waals surface area contributed by atoms with E-state index in [1.54, 1.807) is 18.7 Å². The zero-order chi connectivity index (χ0) is 21.7. The molecular formula is C25H28N4O2. The van der Waals surface area contributed by atoms with E-state index in [1.807, 2.05) is 24.3 Å². The topological polar surface area (TPSA) is 50.5 Å². The normalized spacial score (nSPS) is 22.5. The fourth-order valence-corrected chi connectivity index (χ4v) is 5.43. The second-order valence-electron chi connectivity index (χ2n) is 8.85. The van der Waals surface area contributed by atoms with Crippen LogP contribution in [0.25, 0.3) is 0 Å². The molecule has 0 saturated carbocycles. The summed E-state index contributed by atoms with van der Waals surface area (Å²) in [6.07, 6.45) is 1.08. The lowest BCUT2D eigenvalue weighted by Crippen LogP contribution is -2.54. The minimum absolute atomic E-state index is 0.00210. The number of anilines is 1. The molecule has 2 bridgehead atoms. The van der Waals surface area contributed by atoms with Crippen LogP contribution < -0.4 is 16.1 Å². The molecule has 6 heteroatoms. The van der Waals surface area contributed by atoms with E-state index >= 15 is 0 Å². The molecule has 3 aromatic rings. The van der Waals surface area contributed by atoms with Gasteiger partial charge in [0.25, 0.3) is 5.56 Å². The summed E-state index contributed by atoms with van der Waals surface area (Å²) in [6, 6.07) is 20.7. The van der Waals surface area contributed by atoms with E-state index in [2.05, 4.69) is 53.1 Å². The molecule has 160 valence electrons. The molecule has 6 nitrogen and oxygen atoms in total. The van der Waals surface area contributed by atoms with Crippen molar-refractivity contribution < 1.29 is 0 Å². The summed E-state index contributed by atoms with van der Waals surface area (Å²) in [5, 5.41) is 0. The number of fused-ring (bicyclic) bond motifs is 4. The maximum atomic E-state index is 13.4. The van der Waals surface area contributed by atoms with Crippen LogP contribution in [-0.4, -0.2) is 20.2 Å². The molecule has 1 unspecified atom stereocenters. The van der Waals surface area contributed by atoms with Gasteiger partial charge in [-0.3, -0.25) is 18.8 Å². The van der Waals surface area contributed by atoms with Crippen molar-refractivity contribution in [1.82, 2.24) is 14.0 Å². The molecule has 5 rings (SSSR count). The van der Waals surface area contributed by atoms with E-state index in [1.165, 1.54) is 15.7 Å². The van der Waals surface area contributed by atoms with E-state index in [9.17, 15) is 9.59 Å². The molecule has 1 aromatic heterocycles. The van der Waals surface area contributed by atoms with Crippen molar-refractivity contribution in [2.24, 2.45) is 20.0 Å². The van der Waals surface area contributed by atoms with Crippen LogP contribution in [0, 0.1) is 5.92 Å². The van der Waals surface area contributed by atoms with E-state index < -0.39 is 0 Å². The number of hydrogen-bond donors (Lipinski definition) is 0. The quantitative estimate of drug-likeness (QED) is 0.656. The average Bonchev–Trinajstić information content (AvgIpc) is 3.03. The Labute approximate surface area is 182 Å². The summed E-state index contributed by atoms with van der Waals surface area (Å²) < 4.78 is 2.92. The van der Waals surface area contributed by atoms with Crippen molar-refractivity contribution in [3.05, 3.63) is 98.2 Å². The first-order valence-electron chi connectivity index (χ1n) is 10.9. The first-order chi connectivity index (χ1) is 15.0. The highest BCUT2D eigenvalue weighted by atomic mass is 16.2. The van der Waals surface area contributed by atoms with Gasteiger partial charge in [-0.05, 0) is 23.5 Å². The highest BCUT2D eigenvalue weighted by Gasteiger charge is 2.50. The molecule has 2 aromatic carbocycles. The fraction of sp³-hybridized carbons (Fsp3) is 0.360. The third-order valence-electron chi connectivity index (χ3n) is 6.86. The molecule has 2 aliphatic heterocycles. The van der Waals surface area contributed by atoms with E-state index in [4.69, 9.17) is 0 Å². The van der Waals surface area contributed by atoms with Gasteiger partial charge < -0.3 is 4.90 Å². The Balaban J connectivity index is 1.70. The Morgan fingerprint density at radius 3 is 2.03 bits per heavy atom. The standard InChI is InChI=1S/C25H28N4O2/c1-17-14-20-28(15-18-10-6-4-7-11-18)22(17)21-23(26(2)25(31)27(3)24(21)30)29(20)16-19-12-8-5-9-13-19/h4-13,17,20,22H,14-16H2,1-3H3/t17?,20-,22-/m0/s1. The van der Waals surface area contributed by atoms with Gasteiger partial charge in [0, 0.05) is 33.2 Å². The lowest BCUT2D eigenvalue weighted by Gasteiger charge is -2.45. The predicted octanol–water partition coefficient (Wildman–Crippen LogP) is 3.01. The number of hydrogen-bond acceptors (Lipinski definition) is 4. The van der Waals surface area contributed by atoms with Gasteiger partial charge in [0.05, 0.1) is 11.7 Å². The Hall–Kier alpha value is -3.12. The van der Waals surface area contributed by atoms with Crippen molar-refractivity contribution in [3.8, 4) is 0 Å². The molecule has 0 N–H and O–H groups in total. The molecular weight excluding hydrogens is 388 g/mol. The van der Waals surface area contributed by atoms with Crippen molar-refractivity contribution in [2.45, 2.75) is 38.6 Å². The van der Waals surface area contributed by atoms with Crippen LogP contribution in [0.5, 0.6) is 0 Å². The van der Waals surface area contributed by atoms with Gasteiger partial charge in [-0.1, -0.05) is 67.6 Å². The number of benzene rings is 2. The van der Waals surface area contributed by atoms with Gasteiger partial charge in [-0.15, -0.1) is 0 Å². The van der Waals surface area contributed by atoms with E-state index in [0.29, 0.717) is 12.5 Å². The second kappa shape index (κ2) is 7.54. The van der Waals surface area contributed by atoms with Crippen molar-refractivity contribution in [2.75, 3.05) is 4.90 Å². The predicted molar refractivity (Wildman–Crippen MR) is 122 cm³/mol. The largest absolute Gasteiger partial charge is 0.337 e.